The van der Waals surface area contributed by atoms with Gasteiger partial charge in [-0.1, -0.05) is 12.7 Å². The Labute approximate surface area is 109 Å². The second-order valence-corrected chi connectivity index (χ2v) is 3.64. The summed E-state index contributed by atoms with van der Waals surface area (Å²) in [7, 11) is 5.19. The molecule has 0 unspecified atom stereocenters. The minimum atomic E-state index is -0.394. The fourth-order valence-corrected chi connectivity index (χ4v) is 0.636. The van der Waals surface area contributed by atoms with Crippen molar-refractivity contribution in [2.75, 3.05) is 34.4 Å². The maximum absolute atomic E-state index is 11.0. The van der Waals surface area contributed by atoms with Crippen LogP contribution in [-0.4, -0.2) is 51.2 Å². The third-order valence-electron chi connectivity index (χ3n) is 1.89. The molecule has 5 nitrogen and oxygen atoms in total. The highest BCUT2D eigenvalue weighted by atomic mass is 16.5. The van der Waals surface area contributed by atoms with Crippen LogP contribution in [0.2, 0.25) is 0 Å². The normalized spacial score (nSPS) is 10.2. The van der Waals surface area contributed by atoms with Crippen molar-refractivity contribution in [3.63, 3.8) is 0 Å². The number of rotatable bonds is 5. The number of hydrogen-bond donors (Lipinski definition) is 0. The molecule has 0 aromatic rings. The Morgan fingerprint density at radius 2 is 1.89 bits per heavy atom. The van der Waals surface area contributed by atoms with E-state index < -0.39 is 5.97 Å². The number of ether oxygens (including phenoxy) is 2. The lowest BCUT2D eigenvalue weighted by molar-refractivity contribution is -0.139. The van der Waals surface area contributed by atoms with E-state index in [9.17, 15) is 9.59 Å². The van der Waals surface area contributed by atoms with Gasteiger partial charge in [-0.3, -0.25) is 0 Å². The molecule has 18 heavy (non-hydrogen) atoms. The second-order valence-electron chi connectivity index (χ2n) is 3.64. The average Bonchev–Trinajstić information content (AvgIpc) is 2.36. The van der Waals surface area contributed by atoms with Crippen LogP contribution >= 0.6 is 0 Å². The van der Waals surface area contributed by atoms with Gasteiger partial charge in [0.05, 0.1) is 7.11 Å². The van der Waals surface area contributed by atoms with Crippen LogP contribution in [0.25, 0.3) is 0 Å². The first-order valence-electron chi connectivity index (χ1n) is 5.54. The molecule has 0 rings (SSSR count). The summed E-state index contributed by atoms with van der Waals surface area (Å²) in [4.78, 5) is 22.9. The predicted octanol–water partition coefficient (Wildman–Crippen LogP) is 1.40. The summed E-state index contributed by atoms with van der Waals surface area (Å²) in [5.74, 6) is -0.616. The van der Waals surface area contributed by atoms with Crippen molar-refractivity contribution in [2.45, 2.75) is 13.8 Å². The summed E-state index contributed by atoms with van der Waals surface area (Å²) in [5, 5.41) is 0. The Kier molecular flexibility index (Phi) is 12.3. The summed E-state index contributed by atoms with van der Waals surface area (Å²) >= 11 is 0. The number of allylic oxidation sites excluding steroid dienone is 1. The van der Waals surface area contributed by atoms with Crippen molar-refractivity contribution in [1.82, 2.24) is 4.90 Å². The van der Waals surface area contributed by atoms with Gasteiger partial charge in [0.25, 0.3) is 0 Å². The minimum Gasteiger partial charge on any atom is -0.466 e. The van der Waals surface area contributed by atoms with Gasteiger partial charge in [-0.25, -0.2) is 9.59 Å². The minimum absolute atomic E-state index is 0.223. The van der Waals surface area contributed by atoms with Gasteiger partial charge >= 0.3 is 11.9 Å². The number of nitrogens with zero attached hydrogens (tertiary/aromatic N) is 1. The van der Waals surface area contributed by atoms with Crippen LogP contribution in [0.4, 0.5) is 0 Å². The van der Waals surface area contributed by atoms with Crippen LogP contribution in [0, 0.1) is 0 Å². The van der Waals surface area contributed by atoms with Crippen molar-refractivity contribution in [3.05, 3.63) is 24.3 Å². The van der Waals surface area contributed by atoms with E-state index in [0.29, 0.717) is 12.2 Å². The fourth-order valence-electron chi connectivity index (χ4n) is 0.636. The highest BCUT2D eigenvalue weighted by molar-refractivity contribution is 5.87. The zero-order valence-electron chi connectivity index (χ0n) is 11.9. The van der Waals surface area contributed by atoms with Gasteiger partial charge in [0, 0.05) is 18.2 Å². The molecule has 0 amide bonds. The fraction of sp³-hybridized carbons (Fsp3) is 0.538. The molecule has 0 aliphatic heterocycles. The van der Waals surface area contributed by atoms with E-state index in [0.717, 1.165) is 12.6 Å². The molecule has 5 heteroatoms. The van der Waals surface area contributed by atoms with Crippen molar-refractivity contribution >= 4 is 11.9 Å². The highest BCUT2D eigenvalue weighted by Crippen LogP contribution is 1.95. The molecule has 0 radical (unpaired) electrons. The zero-order valence-corrected chi connectivity index (χ0v) is 11.9. The monoisotopic (exact) mass is 257 g/mol. The van der Waals surface area contributed by atoms with E-state index in [4.69, 9.17) is 4.74 Å². The summed E-state index contributed by atoms with van der Waals surface area (Å²) < 4.78 is 9.10. The van der Waals surface area contributed by atoms with Crippen LogP contribution in [0.15, 0.2) is 24.3 Å². The van der Waals surface area contributed by atoms with E-state index >= 15 is 0 Å². The van der Waals surface area contributed by atoms with Crippen LogP contribution in [0.5, 0.6) is 0 Å². The van der Waals surface area contributed by atoms with Crippen molar-refractivity contribution in [2.24, 2.45) is 0 Å². The number of carbonyl (C=O) groups excluding carboxylic acids is 2. The molecular weight excluding hydrogens is 234 g/mol. The first-order chi connectivity index (χ1) is 8.38. The number of esters is 2. The number of likely N-dealkylation sites (N-methyl/N-ethyl adjacent to an activating group) is 1. The molecule has 0 aromatic carbocycles. The summed E-state index contributed by atoms with van der Waals surface area (Å²) in [6.07, 6.45) is 2.86. The maximum atomic E-state index is 11.0. The van der Waals surface area contributed by atoms with Crippen LogP contribution in [0.1, 0.15) is 13.8 Å². The van der Waals surface area contributed by atoms with Crippen LogP contribution in [0.3, 0.4) is 0 Å². The maximum Gasteiger partial charge on any atom is 0.333 e. The van der Waals surface area contributed by atoms with Crippen LogP contribution < -0.4 is 0 Å². The largest absolute Gasteiger partial charge is 0.466 e. The molecule has 0 N–H and O–H groups in total. The molecule has 0 spiro atoms. The molecular formula is C13H23NO4. The van der Waals surface area contributed by atoms with E-state index in [1.165, 1.54) is 7.11 Å². The predicted molar refractivity (Wildman–Crippen MR) is 71.2 cm³/mol. The number of methoxy groups -OCH3 is 1. The van der Waals surface area contributed by atoms with Gasteiger partial charge in [-0.2, -0.15) is 0 Å². The Morgan fingerprint density at radius 1 is 1.33 bits per heavy atom. The molecule has 0 aliphatic rings. The lowest BCUT2D eigenvalue weighted by atomic mass is 10.3. The van der Waals surface area contributed by atoms with Gasteiger partial charge in [-0.15, -0.1) is 0 Å². The van der Waals surface area contributed by atoms with E-state index in [1.54, 1.807) is 13.0 Å². The third kappa shape index (κ3) is 12.4. The van der Waals surface area contributed by atoms with E-state index in [-0.39, 0.29) is 5.97 Å². The van der Waals surface area contributed by atoms with Crippen molar-refractivity contribution in [3.8, 4) is 0 Å². The van der Waals surface area contributed by atoms with Gasteiger partial charge in [0.1, 0.15) is 6.61 Å². The quantitative estimate of drug-likeness (QED) is 0.550. The topological polar surface area (TPSA) is 55.8 Å². The van der Waals surface area contributed by atoms with Crippen LogP contribution in [-0.2, 0) is 19.1 Å². The lowest BCUT2D eigenvalue weighted by Crippen LogP contribution is -2.20. The Hall–Kier alpha value is -1.62. The van der Waals surface area contributed by atoms with Crippen molar-refractivity contribution < 1.29 is 19.1 Å². The molecule has 0 aromatic heterocycles. The number of hydrogen-bond acceptors (Lipinski definition) is 5. The Bertz CT molecular complexity index is 295. The molecule has 0 fully saturated rings. The highest BCUT2D eigenvalue weighted by Gasteiger charge is 2.03. The Morgan fingerprint density at radius 3 is 2.17 bits per heavy atom. The zero-order chi connectivity index (χ0) is 14.6. The smallest absolute Gasteiger partial charge is 0.333 e. The summed E-state index contributed by atoms with van der Waals surface area (Å²) in [6.45, 7) is 7.95. The van der Waals surface area contributed by atoms with E-state index in [2.05, 4.69) is 11.3 Å². The molecule has 0 bridgehead atoms. The average molecular weight is 257 g/mol. The second kappa shape index (κ2) is 11.9. The summed E-state index contributed by atoms with van der Waals surface area (Å²) in [5.41, 5.74) is 0.661. The molecule has 0 saturated carbocycles. The SMILES string of the molecule is C=CC(=O)OC.CC=C(C)C(=O)OCCN(C)C. The van der Waals surface area contributed by atoms with Gasteiger partial charge in [-0.05, 0) is 27.9 Å². The first-order valence-corrected chi connectivity index (χ1v) is 5.54. The lowest BCUT2D eigenvalue weighted by Gasteiger charge is -2.09. The molecule has 0 saturated heterocycles. The standard InChI is InChI=1S/C9H17NO2.C4H6O2/c1-5-8(2)9(11)12-7-6-10(3)4;1-3-4(5)6-2/h5H,6-7H2,1-4H3;3H,1H2,2H3. The van der Waals surface area contributed by atoms with Crippen molar-refractivity contribution in [1.29, 1.82) is 0 Å². The molecule has 104 valence electrons. The van der Waals surface area contributed by atoms with Gasteiger partial charge in [0.15, 0.2) is 0 Å². The summed E-state index contributed by atoms with van der Waals surface area (Å²) in [6, 6.07) is 0. The third-order valence-corrected chi connectivity index (χ3v) is 1.89. The Balaban J connectivity index is 0. The molecule has 0 atom stereocenters. The van der Waals surface area contributed by atoms with E-state index in [1.807, 2.05) is 25.9 Å². The van der Waals surface area contributed by atoms with Gasteiger partial charge < -0.3 is 14.4 Å². The molecule has 0 heterocycles. The number of carbonyl (C=O) groups is 2. The first kappa shape index (κ1) is 18.7. The van der Waals surface area contributed by atoms with Gasteiger partial charge in [0.2, 0.25) is 0 Å². The molecule has 0 aliphatic carbocycles.